The molecule has 1 aromatic rings. The van der Waals surface area contributed by atoms with Crippen molar-refractivity contribution in [3.05, 3.63) is 15.6 Å². The van der Waals surface area contributed by atoms with Gasteiger partial charge in [-0.05, 0) is 33.6 Å². The summed E-state index contributed by atoms with van der Waals surface area (Å²) in [5.74, 6) is 0.228. The summed E-state index contributed by atoms with van der Waals surface area (Å²) in [5, 5.41) is 4.39. The van der Waals surface area contributed by atoms with E-state index in [0.29, 0.717) is 0 Å². The predicted molar refractivity (Wildman–Crippen MR) is 73.7 cm³/mol. The van der Waals surface area contributed by atoms with Crippen LogP contribution in [0.25, 0.3) is 0 Å². The molecule has 0 saturated carbocycles. The topological polar surface area (TPSA) is 45.2 Å². The quantitative estimate of drug-likeness (QED) is 0.905. The van der Waals surface area contributed by atoms with Crippen LogP contribution >= 0.6 is 11.3 Å². The van der Waals surface area contributed by atoms with Crippen LogP contribution in [-0.4, -0.2) is 34.9 Å². The fourth-order valence-corrected chi connectivity index (χ4v) is 3.17. The summed E-state index contributed by atoms with van der Waals surface area (Å²) >= 11 is 1.70. The van der Waals surface area contributed by atoms with Gasteiger partial charge in [0.2, 0.25) is 5.91 Å². The molecule has 1 aliphatic rings. The van der Waals surface area contributed by atoms with Crippen molar-refractivity contribution in [1.29, 1.82) is 0 Å². The smallest absolute Gasteiger partial charge is 0.239 e. The van der Waals surface area contributed by atoms with Crippen molar-refractivity contribution >= 4 is 17.2 Å². The number of carbonyl (C=O) groups is 1. The Morgan fingerprint density at radius 2 is 2.11 bits per heavy atom. The van der Waals surface area contributed by atoms with Gasteiger partial charge >= 0.3 is 0 Å². The van der Waals surface area contributed by atoms with E-state index in [2.05, 4.69) is 10.3 Å². The zero-order valence-electron chi connectivity index (χ0n) is 11.3. The Morgan fingerprint density at radius 3 is 2.67 bits per heavy atom. The van der Waals surface area contributed by atoms with E-state index in [0.717, 1.165) is 43.2 Å². The first kappa shape index (κ1) is 13.5. The highest BCUT2D eigenvalue weighted by molar-refractivity contribution is 7.11. The Labute approximate surface area is 112 Å². The molecule has 2 heterocycles. The van der Waals surface area contributed by atoms with Crippen molar-refractivity contribution in [2.75, 3.05) is 13.1 Å². The van der Waals surface area contributed by atoms with Gasteiger partial charge in [-0.1, -0.05) is 0 Å². The lowest BCUT2D eigenvalue weighted by atomic mass is 10.2. The predicted octanol–water partition coefficient (Wildman–Crippen LogP) is 1.86. The third kappa shape index (κ3) is 3.09. The molecule has 1 fully saturated rings. The van der Waals surface area contributed by atoms with Crippen molar-refractivity contribution in [1.82, 2.24) is 15.2 Å². The first-order valence-corrected chi connectivity index (χ1v) is 7.34. The van der Waals surface area contributed by atoms with Gasteiger partial charge in [0, 0.05) is 24.5 Å². The third-order valence-corrected chi connectivity index (χ3v) is 4.43. The molecule has 1 unspecified atom stereocenters. The van der Waals surface area contributed by atoms with Crippen LogP contribution in [0.4, 0.5) is 0 Å². The maximum Gasteiger partial charge on any atom is 0.239 e. The summed E-state index contributed by atoms with van der Waals surface area (Å²) in [6, 6.07) is -0.107. The molecule has 2 rings (SSSR count). The molecule has 18 heavy (non-hydrogen) atoms. The molecule has 1 amide bonds. The molecular formula is C13H21N3OS. The largest absolute Gasteiger partial charge is 0.341 e. The molecule has 0 spiro atoms. The number of nitrogens with zero attached hydrogens (tertiary/aromatic N) is 2. The highest BCUT2D eigenvalue weighted by Crippen LogP contribution is 2.17. The van der Waals surface area contributed by atoms with Gasteiger partial charge in [-0.25, -0.2) is 4.98 Å². The van der Waals surface area contributed by atoms with Gasteiger partial charge in [-0.15, -0.1) is 11.3 Å². The average Bonchev–Trinajstić information content (AvgIpc) is 2.95. The van der Waals surface area contributed by atoms with E-state index in [1.807, 2.05) is 25.7 Å². The fraction of sp³-hybridized carbons (Fsp3) is 0.692. The summed E-state index contributed by atoms with van der Waals surface area (Å²) in [6.45, 7) is 8.56. The van der Waals surface area contributed by atoms with Gasteiger partial charge in [-0.3, -0.25) is 4.79 Å². The van der Waals surface area contributed by atoms with Gasteiger partial charge in [-0.2, -0.15) is 0 Å². The summed E-state index contributed by atoms with van der Waals surface area (Å²) in [5.41, 5.74) is 1.07. The van der Waals surface area contributed by atoms with Crippen LogP contribution in [0.1, 0.15) is 35.3 Å². The maximum absolute atomic E-state index is 12.1. The highest BCUT2D eigenvalue weighted by Gasteiger charge is 2.22. The van der Waals surface area contributed by atoms with E-state index in [1.54, 1.807) is 11.3 Å². The number of likely N-dealkylation sites (tertiary alicyclic amines) is 1. The number of aryl methyl sites for hydroxylation is 2. The van der Waals surface area contributed by atoms with Gasteiger partial charge < -0.3 is 10.2 Å². The molecule has 4 nitrogen and oxygen atoms in total. The van der Waals surface area contributed by atoms with Crippen LogP contribution in [0.2, 0.25) is 0 Å². The lowest BCUT2D eigenvalue weighted by molar-refractivity contribution is -0.131. The number of thiazole rings is 1. The van der Waals surface area contributed by atoms with Gasteiger partial charge in [0.15, 0.2) is 0 Å². The standard InChI is InChI=1S/C13H21N3OS/c1-9-12(18-11(3)15-9)8-14-10(2)13(17)16-6-4-5-7-16/h10,14H,4-8H2,1-3H3. The van der Waals surface area contributed by atoms with Gasteiger partial charge in [0.1, 0.15) is 0 Å². The molecule has 1 N–H and O–H groups in total. The van der Waals surface area contributed by atoms with Crippen LogP contribution in [0.5, 0.6) is 0 Å². The lowest BCUT2D eigenvalue weighted by Gasteiger charge is -2.21. The Hall–Kier alpha value is -0.940. The minimum absolute atomic E-state index is 0.107. The summed E-state index contributed by atoms with van der Waals surface area (Å²) in [4.78, 5) is 19.7. The highest BCUT2D eigenvalue weighted by atomic mass is 32.1. The Bertz CT molecular complexity index is 424. The summed E-state index contributed by atoms with van der Waals surface area (Å²) in [7, 11) is 0. The SMILES string of the molecule is Cc1nc(C)c(CNC(C)C(=O)N2CCCC2)s1. The van der Waals surface area contributed by atoms with E-state index in [1.165, 1.54) is 4.88 Å². The van der Waals surface area contributed by atoms with Crippen molar-refractivity contribution in [2.45, 2.75) is 46.2 Å². The van der Waals surface area contributed by atoms with E-state index in [-0.39, 0.29) is 11.9 Å². The second-order valence-corrected chi connectivity index (χ2v) is 6.16. The van der Waals surface area contributed by atoms with Crippen LogP contribution in [0.15, 0.2) is 0 Å². The fourth-order valence-electron chi connectivity index (χ4n) is 2.28. The molecular weight excluding hydrogens is 246 g/mol. The zero-order chi connectivity index (χ0) is 13.1. The van der Waals surface area contributed by atoms with Gasteiger partial charge in [0.25, 0.3) is 0 Å². The zero-order valence-corrected chi connectivity index (χ0v) is 12.1. The lowest BCUT2D eigenvalue weighted by Crippen LogP contribution is -2.43. The van der Waals surface area contributed by atoms with Crippen molar-refractivity contribution in [3.8, 4) is 0 Å². The molecule has 1 aliphatic heterocycles. The average molecular weight is 267 g/mol. The van der Waals surface area contributed by atoms with Crippen molar-refractivity contribution < 1.29 is 4.79 Å². The van der Waals surface area contributed by atoms with Crippen LogP contribution in [0, 0.1) is 13.8 Å². The molecule has 0 radical (unpaired) electrons. The Balaban J connectivity index is 1.85. The van der Waals surface area contributed by atoms with Gasteiger partial charge in [0.05, 0.1) is 16.7 Å². The molecule has 5 heteroatoms. The maximum atomic E-state index is 12.1. The number of amides is 1. The molecule has 0 aliphatic carbocycles. The minimum atomic E-state index is -0.107. The molecule has 1 saturated heterocycles. The number of nitrogens with one attached hydrogen (secondary N) is 1. The van der Waals surface area contributed by atoms with Crippen LogP contribution in [0.3, 0.4) is 0 Å². The number of hydrogen-bond donors (Lipinski definition) is 1. The van der Waals surface area contributed by atoms with Crippen molar-refractivity contribution in [3.63, 3.8) is 0 Å². The molecule has 0 bridgehead atoms. The Kier molecular flexibility index (Phi) is 4.35. The number of carbonyl (C=O) groups excluding carboxylic acids is 1. The molecule has 100 valence electrons. The first-order valence-electron chi connectivity index (χ1n) is 6.53. The molecule has 1 aromatic heterocycles. The summed E-state index contributed by atoms with van der Waals surface area (Å²) < 4.78 is 0. The van der Waals surface area contributed by atoms with Crippen LogP contribution in [-0.2, 0) is 11.3 Å². The normalized spacial score (nSPS) is 17.2. The Morgan fingerprint density at radius 1 is 1.44 bits per heavy atom. The van der Waals surface area contributed by atoms with E-state index in [9.17, 15) is 4.79 Å². The first-order chi connectivity index (χ1) is 8.58. The second-order valence-electron chi connectivity index (χ2n) is 4.88. The monoisotopic (exact) mass is 267 g/mol. The number of hydrogen-bond acceptors (Lipinski definition) is 4. The van der Waals surface area contributed by atoms with E-state index < -0.39 is 0 Å². The molecule has 1 atom stereocenters. The third-order valence-electron chi connectivity index (χ3n) is 3.36. The van der Waals surface area contributed by atoms with E-state index in [4.69, 9.17) is 0 Å². The number of aromatic nitrogens is 1. The van der Waals surface area contributed by atoms with E-state index >= 15 is 0 Å². The minimum Gasteiger partial charge on any atom is -0.341 e. The second kappa shape index (κ2) is 5.80. The van der Waals surface area contributed by atoms with Crippen LogP contribution < -0.4 is 5.32 Å². The number of rotatable bonds is 4. The summed E-state index contributed by atoms with van der Waals surface area (Å²) in [6.07, 6.45) is 2.29. The van der Waals surface area contributed by atoms with Crippen molar-refractivity contribution in [2.24, 2.45) is 0 Å². The molecule has 0 aromatic carbocycles.